The van der Waals surface area contributed by atoms with Gasteiger partial charge in [0.2, 0.25) is 0 Å². The minimum absolute atomic E-state index is 0.0654. The number of rotatable bonds is 5. The Labute approximate surface area is 193 Å². The van der Waals surface area contributed by atoms with E-state index in [9.17, 15) is 9.59 Å². The average molecular weight is 472 g/mol. The molecular formula is C23H19Cl2N3O2S. The molecule has 4 aromatic rings. The number of aryl methyl sites for hydroxylation is 2. The summed E-state index contributed by atoms with van der Waals surface area (Å²) in [7, 11) is 3.50. The topological polar surface area (TPSA) is 56.9 Å². The van der Waals surface area contributed by atoms with Crippen LogP contribution in [0, 0.1) is 6.92 Å². The standard InChI is InChI=1S/C23H19Cl2N3O2S/c1-13-18-21(27(2)20(13)25)26-23(28(3)22(18)30)31-12-14-5-4-6-16(11-14)19(29)15-7-9-17(24)10-8-15/h4-11H,12H2,1-3H3. The molecule has 0 saturated carbocycles. The van der Waals surface area contributed by atoms with Gasteiger partial charge < -0.3 is 4.57 Å². The summed E-state index contributed by atoms with van der Waals surface area (Å²) in [5.41, 5.74) is 3.32. The van der Waals surface area contributed by atoms with E-state index in [1.54, 1.807) is 53.6 Å². The lowest BCUT2D eigenvalue weighted by Gasteiger charge is -2.09. The smallest absolute Gasteiger partial charge is 0.263 e. The molecule has 0 N–H and O–H groups in total. The minimum atomic E-state index is -0.126. The number of aromatic nitrogens is 3. The van der Waals surface area contributed by atoms with Crippen molar-refractivity contribution < 1.29 is 4.79 Å². The summed E-state index contributed by atoms with van der Waals surface area (Å²) in [6.45, 7) is 1.82. The third kappa shape index (κ3) is 4.03. The van der Waals surface area contributed by atoms with Gasteiger partial charge in [0.1, 0.15) is 10.8 Å². The molecule has 0 bridgehead atoms. The average Bonchev–Trinajstić information content (AvgIpc) is 2.99. The Morgan fingerprint density at radius 1 is 1.03 bits per heavy atom. The maximum Gasteiger partial charge on any atom is 0.263 e. The summed E-state index contributed by atoms with van der Waals surface area (Å²) in [5.74, 6) is 0.495. The van der Waals surface area contributed by atoms with Crippen molar-refractivity contribution in [1.29, 1.82) is 0 Å². The van der Waals surface area contributed by atoms with E-state index in [-0.39, 0.29) is 11.3 Å². The molecule has 2 aromatic carbocycles. The lowest BCUT2D eigenvalue weighted by atomic mass is 10.0. The van der Waals surface area contributed by atoms with E-state index >= 15 is 0 Å². The zero-order valence-electron chi connectivity index (χ0n) is 17.1. The molecule has 0 aliphatic carbocycles. The summed E-state index contributed by atoms with van der Waals surface area (Å²) in [4.78, 5) is 30.3. The Bertz CT molecular complexity index is 1370. The molecule has 0 spiro atoms. The van der Waals surface area contributed by atoms with Gasteiger partial charge in [-0.15, -0.1) is 0 Å². The highest BCUT2D eigenvalue weighted by Crippen LogP contribution is 2.28. The highest BCUT2D eigenvalue weighted by molar-refractivity contribution is 7.98. The van der Waals surface area contributed by atoms with Crippen molar-refractivity contribution in [2.45, 2.75) is 17.8 Å². The van der Waals surface area contributed by atoms with Gasteiger partial charge in [0.25, 0.3) is 5.56 Å². The highest BCUT2D eigenvalue weighted by atomic mass is 35.5. The summed E-state index contributed by atoms with van der Waals surface area (Å²) >= 11 is 13.7. The Hall–Kier alpha value is -2.54. The van der Waals surface area contributed by atoms with Gasteiger partial charge >= 0.3 is 0 Å². The lowest BCUT2D eigenvalue weighted by molar-refractivity contribution is 0.103. The van der Waals surface area contributed by atoms with Gasteiger partial charge in [-0.25, -0.2) is 4.98 Å². The lowest BCUT2D eigenvalue weighted by Crippen LogP contribution is -2.20. The van der Waals surface area contributed by atoms with Gasteiger partial charge in [-0.1, -0.05) is 53.2 Å². The maximum absolute atomic E-state index is 12.9. The summed E-state index contributed by atoms with van der Waals surface area (Å²) in [5, 5.41) is 2.22. The molecule has 0 radical (unpaired) electrons. The molecule has 4 rings (SSSR count). The van der Waals surface area contributed by atoms with Crippen molar-refractivity contribution in [2.24, 2.45) is 14.1 Å². The van der Waals surface area contributed by atoms with Gasteiger partial charge in [0, 0.05) is 41.6 Å². The van der Waals surface area contributed by atoms with Crippen LogP contribution >= 0.6 is 35.0 Å². The van der Waals surface area contributed by atoms with Crippen LogP contribution in [-0.2, 0) is 19.8 Å². The number of thioether (sulfide) groups is 1. The van der Waals surface area contributed by atoms with Crippen molar-refractivity contribution in [3.8, 4) is 0 Å². The largest absolute Gasteiger partial charge is 0.319 e. The van der Waals surface area contributed by atoms with Crippen LogP contribution in [0.3, 0.4) is 0 Å². The molecule has 2 heterocycles. The minimum Gasteiger partial charge on any atom is -0.319 e. The molecule has 5 nitrogen and oxygen atoms in total. The zero-order valence-corrected chi connectivity index (χ0v) is 19.5. The van der Waals surface area contributed by atoms with Crippen molar-refractivity contribution in [2.75, 3.05) is 0 Å². The molecule has 31 heavy (non-hydrogen) atoms. The molecule has 0 fully saturated rings. The van der Waals surface area contributed by atoms with Crippen LogP contribution in [0.25, 0.3) is 11.0 Å². The van der Waals surface area contributed by atoms with E-state index in [1.807, 2.05) is 25.1 Å². The molecule has 0 aliphatic rings. The fraction of sp³-hybridized carbons (Fsp3) is 0.174. The fourth-order valence-electron chi connectivity index (χ4n) is 3.44. The van der Waals surface area contributed by atoms with Crippen LogP contribution in [0.1, 0.15) is 27.0 Å². The monoisotopic (exact) mass is 471 g/mol. The van der Waals surface area contributed by atoms with Gasteiger partial charge in [-0.2, -0.15) is 0 Å². The molecule has 0 aliphatic heterocycles. The van der Waals surface area contributed by atoms with Gasteiger partial charge in [0.15, 0.2) is 10.9 Å². The number of hydrogen-bond acceptors (Lipinski definition) is 4. The number of halogens is 2. The van der Waals surface area contributed by atoms with E-state index in [2.05, 4.69) is 4.98 Å². The summed E-state index contributed by atoms with van der Waals surface area (Å²) in [6, 6.07) is 14.3. The van der Waals surface area contributed by atoms with E-state index in [1.165, 1.54) is 11.8 Å². The SMILES string of the molecule is Cc1c(Cl)n(C)c2nc(SCc3cccc(C(=O)c4ccc(Cl)cc4)c3)n(C)c(=O)c12. The van der Waals surface area contributed by atoms with Crippen LogP contribution in [0.5, 0.6) is 0 Å². The molecule has 158 valence electrons. The Balaban J connectivity index is 1.61. The Morgan fingerprint density at radius 2 is 1.74 bits per heavy atom. The fourth-order valence-corrected chi connectivity index (χ4v) is 4.64. The Kier molecular flexibility index (Phi) is 5.97. The molecule has 0 unspecified atom stereocenters. The number of fused-ring (bicyclic) bond motifs is 1. The number of nitrogens with zero attached hydrogens (tertiary/aromatic N) is 3. The first-order chi connectivity index (χ1) is 14.8. The number of carbonyl (C=O) groups excluding carboxylic acids is 1. The van der Waals surface area contributed by atoms with E-state index < -0.39 is 0 Å². The second kappa shape index (κ2) is 8.54. The molecule has 2 aromatic heterocycles. The zero-order chi connectivity index (χ0) is 22.3. The van der Waals surface area contributed by atoms with Crippen molar-refractivity contribution in [3.05, 3.63) is 91.3 Å². The van der Waals surface area contributed by atoms with Crippen LogP contribution in [0.15, 0.2) is 58.5 Å². The van der Waals surface area contributed by atoms with E-state index in [0.29, 0.717) is 43.2 Å². The van der Waals surface area contributed by atoms with Gasteiger partial charge in [-0.3, -0.25) is 14.2 Å². The van der Waals surface area contributed by atoms with Crippen LogP contribution < -0.4 is 5.56 Å². The normalized spacial score (nSPS) is 11.3. The first kappa shape index (κ1) is 21.7. The van der Waals surface area contributed by atoms with Gasteiger partial charge in [0.05, 0.1) is 5.39 Å². The number of ketones is 1. The Morgan fingerprint density at radius 3 is 2.45 bits per heavy atom. The van der Waals surface area contributed by atoms with E-state index in [4.69, 9.17) is 23.2 Å². The van der Waals surface area contributed by atoms with Crippen LogP contribution in [0.4, 0.5) is 0 Å². The third-order valence-corrected chi connectivity index (χ3v) is 7.08. The predicted molar refractivity (Wildman–Crippen MR) is 127 cm³/mol. The number of hydrogen-bond donors (Lipinski definition) is 0. The predicted octanol–water partition coefficient (Wildman–Crippen LogP) is 5.41. The number of benzene rings is 2. The first-order valence-electron chi connectivity index (χ1n) is 9.51. The molecule has 8 heteroatoms. The van der Waals surface area contributed by atoms with Crippen molar-refractivity contribution >= 4 is 51.8 Å². The molecule has 0 amide bonds. The van der Waals surface area contributed by atoms with Crippen molar-refractivity contribution in [3.63, 3.8) is 0 Å². The maximum atomic E-state index is 12.9. The highest BCUT2D eigenvalue weighted by Gasteiger charge is 2.18. The van der Waals surface area contributed by atoms with Gasteiger partial charge in [-0.05, 0) is 42.8 Å². The second-order valence-corrected chi connectivity index (χ2v) is 8.99. The molecular weight excluding hydrogens is 453 g/mol. The molecule has 0 saturated heterocycles. The van der Waals surface area contributed by atoms with Crippen molar-refractivity contribution in [1.82, 2.24) is 14.1 Å². The first-order valence-corrected chi connectivity index (χ1v) is 11.3. The quantitative estimate of drug-likeness (QED) is 0.221. The second-order valence-electron chi connectivity index (χ2n) is 7.26. The third-order valence-electron chi connectivity index (χ3n) is 5.19. The van der Waals surface area contributed by atoms with E-state index in [0.717, 1.165) is 11.1 Å². The van der Waals surface area contributed by atoms with Crippen LogP contribution in [-0.4, -0.2) is 19.9 Å². The summed E-state index contributed by atoms with van der Waals surface area (Å²) in [6.07, 6.45) is 0. The number of carbonyl (C=O) groups is 1. The molecule has 0 atom stereocenters. The summed E-state index contributed by atoms with van der Waals surface area (Å²) < 4.78 is 3.27. The van der Waals surface area contributed by atoms with Crippen LogP contribution in [0.2, 0.25) is 10.2 Å².